The molecule has 0 aliphatic heterocycles. The van der Waals surface area contributed by atoms with Gasteiger partial charge in [-0.1, -0.05) is 23.7 Å². The molecule has 0 bridgehead atoms. The van der Waals surface area contributed by atoms with Gasteiger partial charge in [0.2, 0.25) is 5.82 Å². The Bertz CT molecular complexity index is 854. The van der Waals surface area contributed by atoms with Gasteiger partial charge in [0.1, 0.15) is 11.4 Å². The van der Waals surface area contributed by atoms with Crippen LogP contribution in [0.25, 0.3) is 22.1 Å². The summed E-state index contributed by atoms with van der Waals surface area (Å²) < 4.78 is 31.9. The normalized spacial score (nSPS) is 10.9. The number of benzene rings is 2. The highest BCUT2D eigenvalue weighted by Gasteiger charge is 2.16. The standard InChI is InChI=1S/C15H7ClF2O2/c16-9-3-6-11-12(7-9)20-15(19)14(18)13(11)8-1-4-10(17)5-2-8/h1-7H. The van der Waals surface area contributed by atoms with Gasteiger partial charge in [0.25, 0.3) is 0 Å². The van der Waals surface area contributed by atoms with Crippen molar-refractivity contribution in [3.63, 3.8) is 0 Å². The minimum Gasteiger partial charge on any atom is -0.421 e. The highest BCUT2D eigenvalue weighted by Crippen LogP contribution is 2.31. The molecular weight excluding hydrogens is 286 g/mol. The van der Waals surface area contributed by atoms with Crippen LogP contribution < -0.4 is 5.63 Å². The van der Waals surface area contributed by atoms with E-state index in [9.17, 15) is 13.6 Å². The molecule has 0 saturated carbocycles. The second-order valence-electron chi connectivity index (χ2n) is 4.23. The summed E-state index contributed by atoms with van der Waals surface area (Å²) in [6.45, 7) is 0. The van der Waals surface area contributed by atoms with E-state index in [1.165, 1.54) is 30.3 Å². The maximum absolute atomic E-state index is 14.1. The van der Waals surface area contributed by atoms with Crippen molar-refractivity contribution in [2.45, 2.75) is 0 Å². The van der Waals surface area contributed by atoms with Crippen molar-refractivity contribution < 1.29 is 13.2 Å². The highest BCUT2D eigenvalue weighted by molar-refractivity contribution is 6.31. The average molecular weight is 293 g/mol. The molecule has 0 aliphatic carbocycles. The van der Waals surface area contributed by atoms with Crippen LogP contribution in [0.5, 0.6) is 0 Å². The molecule has 1 heterocycles. The summed E-state index contributed by atoms with van der Waals surface area (Å²) in [5, 5.41) is 0.774. The first-order valence-electron chi connectivity index (χ1n) is 5.74. The van der Waals surface area contributed by atoms with Crippen molar-refractivity contribution in [2.24, 2.45) is 0 Å². The summed E-state index contributed by atoms with van der Waals surface area (Å²) in [6, 6.07) is 9.77. The quantitative estimate of drug-likeness (QED) is 0.623. The number of rotatable bonds is 1. The molecule has 2 nitrogen and oxygen atoms in total. The molecule has 2 aromatic carbocycles. The lowest BCUT2D eigenvalue weighted by molar-refractivity contribution is 0.489. The molecule has 0 saturated heterocycles. The highest BCUT2D eigenvalue weighted by atomic mass is 35.5. The smallest absolute Gasteiger partial charge is 0.373 e. The molecule has 0 atom stereocenters. The van der Waals surface area contributed by atoms with Gasteiger partial charge in [-0.25, -0.2) is 9.18 Å². The van der Waals surface area contributed by atoms with Gasteiger partial charge in [0.05, 0.1) is 0 Å². The average Bonchev–Trinajstić information content (AvgIpc) is 2.42. The Morgan fingerprint density at radius 2 is 1.70 bits per heavy atom. The fourth-order valence-electron chi connectivity index (χ4n) is 2.05. The lowest BCUT2D eigenvalue weighted by Crippen LogP contribution is -2.07. The SMILES string of the molecule is O=c1oc2cc(Cl)ccc2c(-c2ccc(F)cc2)c1F. The Hall–Kier alpha value is -2.20. The van der Waals surface area contributed by atoms with Crippen LogP contribution in [0.3, 0.4) is 0 Å². The van der Waals surface area contributed by atoms with Crippen molar-refractivity contribution in [1.82, 2.24) is 0 Å². The Balaban J connectivity index is 2.41. The first kappa shape index (κ1) is 12.8. The third-order valence-electron chi connectivity index (χ3n) is 2.95. The van der Waals surface area contributed by atoms with E-state index in [-0.39, 0.29) is 11.1 Å². The largest absolute Gasteiger partial charge is 0.421 e. The lowest BCUT2D eigenvalue weighted by atomic mass is 10.0. The van der Waals surface area contributed by atoms with E-state index < -0.39 is 17.3 Å². The first-order valence-corrected chi connectivity index (χ1v) is 6.12. The molecule has 3 aromatic rings. The molecule has 5 heteroatoms. The van der Waals surface area contributed by atoms with Gasteiger partial charge in [-0.15, -0.1) is 0 Å². The molecule has 0 unspecified atom stereocenters. The fourth-order valence-corrected chi connectivity index (χ4v) is 2.21. The predicted molar refractivity (Wildman–Crippen MR) is 72.8 cm³/mol. The van der Waals surface area contributed by atoms with Gasteiger partial charge in [0.15, 0.2) is 0 Å². The second-order valence-corrected chi connectivity index (χ2v) is 4.66. The minimum absolute atomic E-state index is 0.0768. The topological polar surface area (TPSA) is 30.2 Å². The Morgan fingerprint density at radius 1 is 1.00 bits per heavy atom. The summed E-state index contributed by atoms with van der Waals surface area (Å²) >= 11 is 5.82. The molecule has 0 radical (unpaired) electrons. The number of fused-ring (bicyclic) bond motifs is 1. The molecule has 0 N–H and O–H groups in total. The first-order chi connectivity index (χ1) is 9.56. The Kier molecular flexibility index (Phi) is 3.03. The zero-order chi connectivity index (χ0) is 14.3. The van der Waals surface area contributed by atoms with E-state index in [1.807, 2.05) is 0 Å². The Labute approximate surface area is 117 Å². The number of halogens is 3. The van der Waals surface area contributed by atoms with Crippen LogP contribution in [0.15, 0.2) is 51.7 Å². The van der Waals surface area contributed by atoms with Crippen LogP contribution >= 0.6 is 11.6 Å². The van der Waals surface area contributed by atoms with Gasteiger partial charge >= 0.3 is 5.63 Å². The summed E-state index contributed by atoms with van der Waals surface area (Å²) in [5.41, 5.74) is -0.431. The molecule has 1 aromatic heterocycles. The third-order valence-corrected chi connectivity index (χ3v) is 3.18. The summed E-state index contributed by atoms with van der Waals surface area (Å²) in [4.78, 5) is 11.5. The van der Waals surface area contributed by atoms with Crippen LogP contribution in [-0.4, -0.2) is 0 Å². The molecule has 100 valence electrons. The molecule has 20 heavy (non-hydrogen) atoms. The monoisotopic (exact) mass is 292 g/mol. The van der Waals surface area contributed by atoms with Crippen LogP contribution in [0.2, 0.25) is 5.02 Å². The zero-order valence-electron chi connectivity index (χ0n) is 9.99. The van der Waals surface area contributed by atoms with Crippen molar-refractivity contribution in [1.29, 1.82) is 0 Å². The van der Waals surface area contributed by atoms with Gasteiger partial charge in [-0.2, -0.15) is 4.39 Å². The molecule has 3 rings (SSSR count). The predicted octanol–water partition coefficient (Wildman–Crippen LogP) is 4.39. The van der Waals surface area contributed by atoms with Crippen LogP contribution in [0, 0.1) is 11.6 Å². The van der Waals surface area contributed by atoms with Crippen molar-refractivity contribution in [3.05, 3.63) is 69.5 Å². The van der Waals surface area contributed by atoms with Gasteiger partial charge in [0, 0.05) is 22.0 Å². The molecule has 0 fully saturated rings. The molecular formula is C15H7ClF2O2. The second kappa shape index (κ2) is 4.72. The van der Waals surface area contributed by atoms with Gasteiger partial charge < -0.3 is 4.42 Å². The number of hydrogen-bond donors (Lipinski definition) is 0. The van der Waals surface area contributed by atoms with Crippen molar-refractivity contribution in [2.75, 3.05) is 0 Å². The van der Waals surface area contributed by atoms with E-state index in [0.717, 1.165) is 0 Å². The molecule has 0 spiro atoms. The minimum atomic E-state index is -1.08. The van der Waals surface area contributed by atoms with Crippen LogP contribution in [-0.2, 0) is 0 Å². The molecule has 0 aliphatic rings. The number of hydrogen-bond acceptors (Lipinski definition) is 2. The van der Waals surface area contributed by atoms with Crippen molar-refractivity contribution in [3.8, 4) is 11.1 Å². The summed E-state index contributed by atoms with van der Waals surface area (Å²) in [5.74, 6) is -1.45. The van der Waals surface area contributed by atoms with Gasteiger partial charge in [-0.3, -0.25) is 0 Å². The van der Waals surface area contributed by atoms with E-state index in [0.29, 0.717) is 16.0 Å². The van der Waals surface area contributed by atoms with Gasteiger partial charge in [-0.05, 0) is 29.8 Å². The summed E-state index contributed by atoms with van der Waals surface area (Å²) in [7, 11) is 0. The maximum Gasteiger partial charge on any atom is 0.373 e. The van der Waals surface area contributed by atoms with E-state index in [4.69, 9.17) is 16.0 Å². The third kappa shape index (κ3) is 2.08. The van der Waals surface area contributed by atoms with E-state index >= 15 is 0 Å². The fraction of sp³-hybridized carbons (Fsp3) is 0. The van der Waals surface area contributed by atoms with Crippen LogP contribution in [0.1, 0.15) is 0 Å². The summed E-state index contributed by atoms with van der Waals surface area (Å²) in [6.07, 6.45) is 0. The molecule has 0 amide bonds. The zero-order valence-corrected chi connectivity index (χ0v) is 10.7. The lowest BCUT2D eigenvalue weighted by Gasteiger charge is -2.07. The van der Waals surface area contributed by atoms with E-state index in [1.54, 1.807) is 12.1 Å². The van der Waals surface area contributed by atoms with E-state index in [2.05, 4.69) is 0 Å². The maximum atomic E-state index is 14.1. The van der Waals surface area contributed by atoms with Crippen molar-refractivity contribution >= 4 is 22.6 Å². The van der Waals surface area contributed by atoms with Crippen LogP contribution in [0.4, 0.5) is 8.78 Å². The Morgan fingerprint density at radius 3 is 2.40 bits per heavy atom.